The summed E-state index contributed by atoms with van der Waals surface area (Å²) in [5.74, 6) is -0.543. The molecule has 1 fully saturated rings. The first kappa shape index (κ1) is 20.7. The molecule has 1 heterocycles. The maximum absolute atomic E-state index is 12.8. The lowest BCUT2D eigenvalue weighted by Gasteiger charge is -2.18. The monoisotopic (exact) mass is 419 g/mol. The number of rotatable bonds is 6. The van der Waals surface area contributed by atoms with Crippen LogP contribution in [0.5, 0.6) is 11.5 Å². The van der Waals surface area contributed by atoms with Crippen LogP contribution in [-0.2, 0) is 19.6 Å². The van der Waals surface area contributed by atoms with Crippen LogP contribution >= 0.6 is 0 Å². The standard InChI is InChI=1S/C20H21NO7S/c1-13-11-15(21-10-4-5-19(21)22)7-9-18(13)29(24,25)28-16-8-6-14(20(23)27-3)12-17(16)26-2/h6-9,11-12H,4-5,10H2,1-3H3. The van der Waals surface area contributed by atoms with Crippen molar-refractivity contribution in [3.63, 3.8) is 0 Å². The smallest absolute Gasteiger partial charge is 0.339 e. The van der Waals surface area contributed by atoms with Crippen LogP contribution in [0.3, 0.4) is 0 Å². The zero-order valence-corrected chi connectivity index (χ0v) is 17.1. The normalized spacial score (nSPS) is 14.0. The van der Waals surface area contributed by atoms with Crippen LogP contribution < -0.4 is 13.8 Å². The molecule has 1 amide bonds. The van der Waals surface area contributed by atoms with Crippen molar-refractivity contribution in [2.24, 2.45) is 0 Å². The van der Waals surface area contributed by atoms with E-state index in [0.29, 0.717) is 24.2 Å². The van der Waals surface area contributed by atoms with Crippen molar-refractivity contribution >= 4 is 27.7 Å². The molecule has 8 nitrogen and oxygen atoms in total. The first-order valence-electron chi connectivity index (χ1n) is 8.88. The molecule has 0 spiro atoms. The average Bonchev–Trinajstić information content (AvgIpc) is 3.13. The maximum Gasteiger partial charge on any atom is 0.339 e. The Morgan fingerprint density at radius 2 is 1.83 bits per heavy atom. The summed E-state index contributed by atoms with van der Waals surface area (Å²) in [6, 6.07) is 8.71. The number of nitrogens with zero attached hydrogens (tertiary/aromatic N) is 1. The van der Waals surface area contributed by atoms with Crippen LogP contribution in [0, 0.1) is 6.92 Å². The van der Waals surface area contributed by atoms with Crippen molar-refractivity contribution < 1.29 is 31.7 Å². The summed E-state index contributed by atoms with van der Waals surface area (Å²) >= 11 is 0. The molecule has 0 N–H and O–H groups in total. The average molecular weight is 419 g/mol. The Morgan fingerprint density at radius 1 is 1.07 bits per heavy atom. The number of ether oxygens (including phenoxy) is 2. The summed E-state index contributed by atoms with van der Waals surface area (Å²) in [7, 11) is -1.59. The lowest BCUT2D eigenvalue weighted by Crippen LogP contribution is -2.24. The van der Waals surface area contributed by atoms with E-state index in [1.165, 1.54) is 38.5 Å². The molecular formula is C20H21NO7S. The molecule has 1 saturated heterocycles. The molecule has 3 rings (SSSR count). The minimum absolute atomic E-state index is 0.0201. The number of amides is 1. The van der Waals surface area contributed by atoms with E-state index < -0.39 is 16.1 Å². The third-order valence-electron chi connectivity index (χ3n) is 4.60. The Bertz CT molecular complexity index is 1060. The van der Waals surface area contributed by atoms with E-state index in [-0.39, 0.29) is 27.9 Å². The molecule has 0 atom stereocenters. The third kappa shape index (κ3) is 4.19. The zero-order chi connectivity index (χ0) is 21.2. The Hall–Kier alpha value is -3.07. The van der Waals surface area contributed by atoms with E-state index in [9.17, 15) is 18.0 Å². The second-order valence-corrected chi connectivity index (χ2v) is 8.01. The molecule has 154 valence electrons. The maximum atomic E-state index is 12.8. The van der Waals surface area contributed by atoms with Crippen LogP contribution in [0.15, 0.2) is 41.3 Å². The minimum Gasteiger partial charge on any atom is -0.493 e. The number of anilines is 1. The number of hydrogen-bond acceptors (Lipinski definition) is 7. The molecule has 1 aliphatic heterocycles. The van der Waals surface area contributed by atoms with E-state index in [4.69, 9.17) is 8.92 Å². The highest BCUT2D eigenvalue weighted by Crippen LogP contribution is 2.33. The summed E-state index contributed by atoms with van der Waals surface area (Å²) in [6.45, 7) is 2.25. The SMILES string of the molecule is COC(=O)c1ccc(OS(=O)(=O)c2ccc(N3CCCC3=O)cc2C)c(OC)c1. The molecule has 1 aliphatic rings. The predicted octanol–water partition coefficient (Wildman–Crippen LogP) is 2.68. The Kier molecular flexibility index (Phi) is 5.78. The number of aryl methyl sites for hydroxylation is 1. The summed E-state index contributed by atoms with van der Waals surface area (Å²) < 4.78 is 40.7. The zero-order valence-electron chi connectivity index (χ0n) is 16.3. The number of carbonyl (C=O) groups excluding carboxylic acids is 2. The lowest BCUT2D eigenvalue weighted by molar-refractivity contribution is -0.117. The lowest BCUT2D eigenvalue weighted by atomic mass is 10.2. The summed E-state index contributed by atoms with van der Waals surface area (Å²) in [6.07, 6.45) is 1.27. The van der Waals surface area contributed by atoms with Gasteiger partial charge in [0.05, 0.1) is 19.8 Å². The van der Waals surface area contributed by atoms with Gasteiger partial charge in [-0.05, 0) is 55.3 Å². The van der Waals surface area contributed by atoms with E-state index in [1.54, 1.807) is 24.0 Å². The van der Waals surface area contributed by atoms with Gasteiger partial charge in [-0.1, -0.05) is 0 Å². The van der Waals surface area contributed by atoms with Gasteiger partial charge >= 0.3 is 16.1 Å². The number of esters is 1. The summed E-state index contributed by atoms with van der Waals surface area (Å²) in [5.41, 5.74) is 1.31. The van der Waals surface area contributed by atoms with Gasteiger partial charge in [0.1, 0.15) is 4.90 Å². The molecular weight excluding hydrogens is 398 g/mol. The van der Waals surface area contributed by atoms with Gasteiger partial charge in [-0.25, -0.2) is 4.79 Å². The van der Waals surface area contributed by atoms with Gasteiger partial charge in [-0.2, -0.15) is 8.42 Å². The molecule has 0 aliphatic carbocycles. The number of methoxy groups -OCH3 is 2. The van der Waals surface area contributed by atoms with Gasteiger partial charge in [-0.15, -0.1) is 0 Å². The highest BCUT2D eigenvalue weighted by molar-refractivity contribution is 7.87. The van der Waals surface area contributed by atoms with Crippen LogP contribution in [-0.4, -0.2) is 41.1 Å². The fourth-order valence-electron chi connectivity index (χ4n) is 3.15. The van der Waals surface area contributed by atoms with Gasteiger partial charge in [-0.3, -0.25) is 4.79 Å². The molecule has 29 heavy (non-hydrogen) atoms. The van der Waals surface area contributed by atoms with Crippen molar-refractivity contribution in [2.45, 2.75) is 24.7 Å². The van der Waals surface area contributed by atoms with E-state index in [1.807, 2.05) is 0 Å². The van der Waals surface area contributed by atoms with Crippen molar-refractivity contribution in [1.82, 2.24) is 0 Å². The van der Waals surface area contributed by atoms with Crippen LogP contribution in [0.4, 0.5) is 5.69 Å². The van der Waals surface area contributed by atoms with Crippen LogP contribution in [0.25, 0.3) is 0 Å². The number of benzene rings is 2. The molecule has 2 aromatic carbocycles. The molecule has 0 bridgehead atoms. The fourth-order valence-corrected chi connectivity index (χ4v) is 4.30. The minimum atomic E-state index is -4.17. The fraction of sp³-hybridized carbons (Fsp3) is 0.300. The van der Waals surface area contributed by atoms with Gasteiger partial charge in [0.25, 0.3) is 0 Å². The third-order valence-corrected chi connectivity index (χ3v) is 5.99. The van der Waals surface area contributed by atoms with Gasteiger partial charge in [0.2, 0.25) is 5.91 Å². The highest BCUT2D eigenvalue weighted by Gasteiger charge is 2.25. The first-order valence-corrected chi connectivity index (χ1v) is 10.3. The topological polar surface area (TPSA) is 99.2 Å². The van der Waals surface area contributed by atoms with Gasteiger partial charge in [0.15, 0.2) is 11.5 Å². The van der Waals surface area contributed by atoms with Crippen molar-refractivity contribution in [1.29, 1.82) is 0 Å². The van der Waals surface area contributed by atoms with E-state index in [0.717, 1.165) is 6.42 Å². The van der Waals surface area contributed by atoms with E-state index >= 15 is 0 Å². The molecule has 0 aromatic heterocycles. The van der Waals surface area contributed by atoms with Crippen molar-refractivity contribution in [2.75, 3.05) is 25.7 Å². The highest BCUT2D eigenvalue weighted by atomic mass is 32.2. The predicted molar refractivity (Wildman–Crippen MR) is 105 cm³/mol. The van der Waals surface area contributed by atoms with Crippen molar-refractivity contribution in [3.05, 3.63) is 47.5 Å². The summed E-state index contributed by atoms with van der Waals surface area (Å²) in [5, 5.41) is 0. The second-order valence-electron chi connectivity index (χ2n) is 6.49. The number of hydrogen-bond donors (Lipinski definition) is 0. The molecule has 2 aromatic rings. The Balaban J connectivity index is 1.90. The molecule has 0 radical (unpaired) electrons. The van der Waals surface area contributed by atoms with Crippen LogP contribution in [0.1, 0.15) is 28.8 Å². The quantitative estimate of drug-likeness (QED) is 0.524. The summed E-state index contributed by atoms with van der Waals surface area (Å²) in [4.78, 5) is 25.2. The van der Waals surface area contributed by atoms with Crippen molar-refractivity contribution in [3.8, 4) is 11.5 Å². The molecule has 0 unspecified atom stereocenters. The number of carbonyl (C=O) groups is 2. The van der Waals surface area contributed by atoms with Gasteiger partial charge < -0.3 is 18.6 Å². The molecule has 0 saturated carbocycles. The van der Waals surface area contributed by atoms with Gasteiger partial charge in [0, 0.05) is 18.7 Å². The first-order chi connectivity index (χ1) is 13.8. The van der Waals surface area contributed by atoms with Crippen LogP contribution in [0.2, 0.25) is 0 Å². The largest absolute Gasteiger partial charge is 0.493 e. The molecule has 9 heteroatoms. The van der Waals surface area contributed by atoms with E-state index in [2.05, 4.69) is 4.74 Å². The Labute approximate surface area is 169 Å². The second kappa shape index (κ2) is 8.12. The Morgan fingerprint density at radius 3 is 2.41 bits per heavy atom.